The van der Waals surface area contributed by atoms with E-state index in [-0.39, 0.29) is 6.61 Å². The molecule has 4 heteroatoms. The molecule has 2 heterocycles. The molecule has 0 amide bonds. The predicted molar refractivity (Wildman–Crippen MR) is 86.3 cm³/mol. The molecule has 1 aromatic carbocycles. The number of rotatable bonds is 4. The monoisotopic (exact) mass is 303 g/mol. The Morgan fingerprint density at radius 3 is 2.62 bits per heavy atom. The average Bonchev–Trinajstić information content (AvgIpc) is 2.95. The molecule has 1 fully saturated rings. The summed E-state index contributed by atoms with van der Waals surface area (Å²) in [7, 11) is 0. The van der Waals surface area contributed by atoms with Crippen molar-refractivity contribution < 1.29 is 9.52 Å². The minimum Gasteiger partial charge on any atom is -0.465 e. The molecule has 0 bridgehead atoms. The number of aliphatic hydroxyl groups is 1. The van der Waals surface area contributed by atoms with E-state index in [1.807, 2.05) is 36.9 Å². The van der Waals surface area contributed by atoms with Gasteiger partial charge in [0.2, 0.25) is 0 Å². The van der Waals surface area contributed by atoms with E-state index in [0.717, 1.165) is 35.9 Å². The lowest BCUT2D eigenvalue weighted by Gasteiger charge is -2.34. The van der Waals surface area contributed by atoms with E-state index in [4.69, 9.17) is 9.52 Å². The summed E-state index contributed by atoms with van der Waals surface area (Å²) in [4.78, 5) is 2.49. The van der Waals surface area contributed by atoms with Gasteiger partial charge < -0.3 is 9.52 Å². The molecule has 1 saturated heterocycles. The fraction of sp³-hybridized carbons (Fsp3) is 0.412. The molecule has 3 nitrogen and oxygen atoms in total. The summed E-state index contributed by atoms with van der Waals surface area (Å²) in [5.41, 5.74) is 2.25. The van der Waals surface area contributed by atoms with Crippen LogP contribution in [0.5, 0.6) is 0 Å². The third-order valence-electron chi connectivity index (χ3n) is 3.92. The first-order valence-electron chi connectivity index (χ1n) is 7.33. The van der Waals surface area contributed by atoms with Gasteiger partial charge >= 0.3 is 0 Å². The van der Waals surface area contributed by atoms with Crippen molar-refractivity contribution in [3.05, 3.63) is 59.0 Å². The van der Waals surface area contributed by atoms with Crippen molar-refractivity contribution in [2.24, 2.45) is 0 Å². The van der Waals surface area contributed by atoms with Gasteiger partial charge in [-0.2, -0.15) is 11.8 Å². The summed E-state index contributed by atoms with van der Waals surface area (Å²) >= 11 is 1.99. The molecule has 1 aliphatic rings. The van der Waals surface area contributed by atoms with Crippen LogP contribution in [0.4, 0.5) is 0 Å². The lowest BCUT2D eigenvalue weighted by atomic mass is 10.1. The maximum Gasteiger partial charge on any atom is 0.122 e. The molecular formula is C17H21NO2S. The molecule has 0 saturated carbocycles. The van der Waals surface area contributed by atoms with Gasteiger partial charge in [0.05, 0.1) is 12.6 Å². The molecule has 0 radical (unpaired) electrons. The zero-order chi connectivity index (χ0) is 14.7. The highest BCUT2D eigenvalue weighted by molar-refractivity contribution is 7.99. The second-order valence-electron chi connectivity index (χ2n) is 5.48. The number of aryl methyl sites for hydroxylation is 1. The molecule has 0 spiro atoms. The van der Waals surface area contributed by atoms with Crippen LogP contribution >= 0.6 is 11.8 Å². The SMILES string of the molecule is Cc1ccc(C2CSCCN2Cc2ccc(CO)cc2)o1. The highest BCUT2D eigenvalue weighted by Gasteiger charge is 2.26. The summed E-state index contributed by atoms with van der Waals surface area (Å²) < 4.78 is 5.84. The molecule has 0 aliphatic carbocycles. The number of aliphatic hydroxyl groups excluding tert-OH is 1. The second-order valence-corrected chi connectivity index (χ2v) is 6.63. The van der Waals surface area contributed by atoms with E-state index in [1.54, 1.807) is 0 Å². The van der Waals surface area contributed by atoms with Crippen LogP contribution in [0.3, 0.4) is 0 Å². The molecule has 1 unspecified atom stereocenters. The molecule has 1 atom stereocenters. The van der Waals surface area contributed by atoms with Crippen molar-refractivity contribution in [1.82, 2.24) is 4.90 Å². The molecule has 3 rings (SSSR count). The van der Waals surface area contributed by atoms with Gasteiger partial charge in [-0.15, -0.1) is 0 Å². The summed E-state index contributed by atoms with van der Waals surface area (Å²) in [6.07, 6.45) is 0. The Hall–Kier alpha value is -1.23. The quantitative estimate of drug-likeness (QED) is 0.939. The zero-order valence-corrected chi connectivity index (χ0v) is 13.1. The van der Waals surface area contributed by atoms with Gasteiger partial charge in [0.15, 0.2) is 0 Å². The predicted octanol–water partition coefficient (Wildman–Crippen LogP) is 3.37. The Balaban J connectivity index is 1.74. The molecule has 21 heavy (non-hydrogen) atoms. The van der Waals surface area contributed by atoms with Gasteiger partial charge in [0.25, 0.3) is 0 Å². The van der Waals surface area contributed by atoms with Crippen LogP contribution in [0, 0.1) is 6.92 Å². The molecule has 112 valence electrons. The highest BCUT2D eigenvalue weighted by Crippen LogP contribution is 2.31. The summed E-state index contributed by atoms with van der Waals surface area (Å²) in [6, 6.07) is 12.7. The van der Waals surface area contributed by atoms with Crippen LogP contribution in [0.15, 0.2) is 40.8 Å². The summed E-state index contributed by atoms with van der Waals surface area (Å²) in [5.74, 6) is 4.31. The Bertz CT molecular complexity index is 579. The minimum atomic E-state index is 0.106. The van der Waals surface area contributed by atoms with Crippen molar-refractivity contribution in [1.29, 1.82) is 0 Å². The highest BCUT2D eigenvalue weighted by atomic mass is 32.2. The molecule has 2 aromatic rings. The van der Waals surface area contributed by atoms with E-state index >= 15 is 0 Å². The number of hydrogen-bond donors (Lipinski definition) is 1. The van der Waals surface area contributed by atoms with Crippen molar-refractivity contribution in [3.63, 3.8) is 0 Å². The number of nitrogens with zero attached hydrogens (tertiary/aromatic N) is 1. The van der Waals surface area contributed by atoms with E-state index in [9.17, 15) is 0 Å². The smallest absolute Gasteiger partial charge is 0.122 e. The second kappa shape index (κ2) is 6.69. The van der Waals surface area contributed by atoms with Gasteiger partial charge in [-0.1, -0.05) is 24.3 Å². The lowest BCUT2D eigenvalue weighted by Crippen LogP contribution is -2.35. The Labute approximate surface area is 130 Å². The standard InChI is InChI=1S/C17H21NO2S/c1-13-2-7-17(20-13)16-12-21-9-8-18(16)10-14-3-5-15(11-19)6-4-14/h2-7,16,19H,8-12H2,1H3. The van der Waals surface area contributed by atoms with Gasteiger partial charge in [0, 0.05) is 24.6 Å². The molecule has 1 aromatic heterocycles. The Morgan fingerprint density at radius 2 is 1.95 bits per heavy atom. The van der Waals surface area contributed by atoms with Crippen molar-refractivity contribution in [2.75, 3.05) is 18.1 Å². The normalized spacial score (nSPS) is 19.8. The van der Waals surface area contributed by atoms with E-state index in [0.29, 0.717) is 6.04 Å². The third kappa shape index (κ3) is 3.51. The average molecular weight is 303 g/mol. The van der Waals surface area contributed by atoms with Crippen molar-refractivity contribution >= 4 is 11.8 Å². The molecular weight excluding hydrogens is 282 g/mol. The number of benzene rings is 1. The fourth-order valence-electron chi connectivity index (χ4n) is 2.71. The van der Waals surface area contributed by atoms with Crippen molar-refractivity contribution in [2.45, 2.75) is 26.1 Å². The van der Waals surface area contributed by atoms with E-state index < -0.39 is 0 Å². The first-order valence-corrected chi connectivity index (χ1v) is 8.48. The Morgan fingerprint density at radius 1 is 1.19 bits per heavy atom. The van der Waals surface area contributed by atoms with Crippen molar-refractivity contribution in [3.8, 4) is 0 Å². The van der Waals surface area contributed by atoms with Crippen LogP contribution in [-0.4, -0.2) is 28.1 Å². The maximum atomic E-state index is 9.12. The van der Waals surface area contributed by atoms with E-state index in [2.05, 4.69) is 23.1 Å². The van der Waals surface area contributed by atoms with Gasteiger partial charge in [-0.25, -0.2) is 0 Å². The van der Waals surface area contributed by atoms with Gasteiger partial charge in [-0.05, 0) is 30.2 Å². The zero-order valence-electron chi connectivity index (χ0n) is 12.3. The summed E-state index contributed by atoms with van der Waals surface area (Å²) in [6.45, 7) is 4.11. The third-order valence-corrected chi connectivity index (χ3v) is 4.94. The first-order chi connectivity index (χ1) is 10.3. The van der Waals surface area contributed by atoms with Crippen LogP contribution in [0.1, 0.15) is 28.7 Å². The largest absolute Gasteiger partial charge is 0.465 e. The van der Waals surface area contributed by atoms with Crippen LogP contribution < -0.4 is 0 Å². The van der Waals surface area contributed by atoms with E-state index in [1.165, 1.54) is 11.3 Å². The van der Waals surface area contributed by atoms with Crippen LogP contribution in [0.25, 0.3) is 0 Å². The van der Waals surface area contributed by atoms with Crippen LogP contribution in [-0.2, 0) is 13.2 Å². The van der Waals surface area contributed by atoms with Gasteiger partial charge in [-0.3, -0.25) is 4.90 Å². The number of hydrogen-bond acceptors (Lipinski definition) is 4. The number of furan rings is 1. The molecule has 1 N–H and O–H groups in total. The number of thioether (sulfide) groups is 1. The maximum absolute atomic E-state index is 9.12. The minimum absolute atomic E-state index is 0.106. The first kappa shape index (κ1) is 14.7. The lowest BCUT2D eigenvalue weighted by molar-refractivity contribution is 0.187. The van der Waals surface area contributed by atoms with Gasteiger partial charge in [0.1, 0.15) is 11.5 Å². The Kier molecular flexibility index (Phi) is 4.68. The van der Waals surface area contributed by atoms with Crippen LogP contribution in [0.2, 0.25) is 0 Å². The topological polar surface area (TPSA) is 36.6 Å². The molecule has 1 aliphatic heterocycles. The summed E-state index contributed by atoms with van der Waals surface area (Å²) in [5, 5.41) is 9.12. The fourth-order valence-corrected chi connectivity index (χ4v) is 3.84.